The number of fused-ring (bicyclic) bond motifs is 1. The van der Waals surface area contributed by atoms with Gasteiger partial charge in [-0.15, -0.1) is 11.3 Å². The van der Waals surface area contributed by atoms with E-state index in [9.17, 15) is 18.3 Å². The van der Waals surface area contributed by atoms with Crippen molar-refractivity contribution in [2.24, 2.45) is 0 Å². The highest BCUT2D eigenvalue weighted by Gasteiger charge is 2.26. The van der Waals surface area contributed by atoms with Gasteiger partial charge in [-0.1, -0.05) is 48.6 Å². The molecule has 3 N–H and O–H groups in total. The third-order valence-electron chi connectivity index (χ3n) is 4.83. The smallest absolute Gasteiger partial charge is 0.389 e. The molecule has 3 aromatic carbocycles. The predicted molar refractivity (Wildman–Crippen MR) is 121 cm³/mol. The van der Waals surface area contributed by atoms with Crippen molar-refractivity contribution >= 4 is 39.4 Å². The van der Waals surface area contributed by atoms with E-state index < -0.39 is 12.6 Å². The summed E-state index contributed by atoms with van der Waals surface area (Å²) in [6, 6.07) is 18.0. The van der Waals surface area contributed by atoms with Gasteiger partial charge in [-0.2, -0.15) is 13.2 Å². The third kappa shape index (κ3) is 5.24. The minimum atomic E-state index is -4.17. The van der Waals surface area contributed by atoms with E-state index in [1.807, 2.05) is 36.4 Å². The quantitative estimate of drug-likeness (QED) is 0.262. The van der Waals surface area contributed by atoms with Crippen molar-refractivity contribution in [3.05, 3.63) is 77.4 Å². The van der Waals surface area contributed by atoms with Gasteiger partial charge in [0.1, 0.15) is 10.8 Å². The molecule has 1 aromatic heterocycles. The maximum absolute atomic E-state index is 12.4. The van der Waals surface area contributed by atoms with Crippen LogP contribution in [0.2, 0.25) is 0 Å². The van der Waals surface area contributed by atoms with Crippen LogP contribution in [0.25, 0.3) is 32.9 Å². The summed E-state index contributed by atoms with van der Waals surface area (Å²) in [5.74, 6) is 0.218. The first-order valence-corrected chi connectivity index (χ1v) is 10.4. The van der Waals surface area contributed by atoms with Crippen LogP contribution in [-0.4, -0.2) is 16.3 Å². The van der Waals surface area contributed by atoms with Gasteiger partial charge in [0.2, 0.25) is 0 Å². The molecule has 0 atom stereocenters. The van der Waals surface area contributed by atoms with Crippen LogP contribution in [0.3, 0.4) is 0 Å². The van der Waals surface area contributed by atoms with Crippen LogP contribution >= 0.6 is 11.3 Å². The number of hydrogen-bond acceptors (Lipinski definition) is 4. The van der Waals surface area contributed by atoms with Crippen molar-refractivity contribution < 1.29 is 18.3 Å². The van der Waals surface area contributed by atoms with E-state index >= 15 is 0 Å². The van der Waals surface area contributed by atoms with Gasteiger partial charge in [0.25, 0.3) is 0 Å². The number of anilines is 1. The highest BCUT2D eigenvalue weighted by Crippen LogP contribution is 2.32. The number of benzene rings is 3. The number of aromatic hydroxyl groups is 1. The lowest BCUT2D eigenvalue weighted by Crippen LogP contribution is -2.08. The molecule has 31 heavy (non-hydrogen) atoms. The summed E-state index contributed by atoms with van der Waals surface area (Å²) in [5.41, 5.74) is 10.6. The number of nitrogen functional groups attached to an aromatic ring is 1. The summed E-state index contributed by atoms with van der Waals surface area (Å²) in [6.45, 7) is 0. The number of phenolic OH excluding ortho intramolecular Hbond substituents is 1. The van der Waals surface area contributed by atoms with Gasteiger partial charge in [0.05, 0.1) is 10.2 Å². The number of aromatic nitrogens is 1. The Morgan fingerprint density at radius 1 is 0.968 bits per heavy atom. The minimum absolute atomic E-state index is 0.0788. The Morgan fingerprint density at radius 2 is 1.74 bits per heavy atom. The summed E-state index contributed by atoms with van der Waals surface area (Å²) in [4.78, 5) is 4.60. The van der Waals surface area contributed by atoms with Crippen molar-refractivity contribution in [3.8, 4) is 16.3 Å². The molecule has 0 spiro atoms. The second kappa shape index (κ2) is 8.43. The Kier molecular flexibility index (Phi) is 5.69. The lowest BCUT2D eigenvalue weighted by atomic mass is 10.0. The Hall–Kier alpha value is -3.32. The molecule has 3 nitrogen and oxygen atoms in total. The van der Waals surface area contributed by atoms with Gasteiger partial charge >= 0.3 is 6.18 Å². The van der Waals surface area contributed by atoms with Crippen molar-refractivity contribution in [2.75, 3.05) is 5.73 Å². The highest BCUT2D eigenvalue weighted by atomic mass is 32.1. The zero-order chi connectivity index (χ0) is 22.0. The van der Waals surface area contributed by atoms with Crippen LogP contribution in [-0.2, 0) is 6.42 Å². The molecular weight excluding hydrogens is 421 g/mol. The van der Waals surface area contributed by atoms with Gasteiger partial charge in [0.15, 0.2) is 0 Å². The zero-order valence-corrected chi connectivity index (χ0v) is 17.2. The zero-order valence-electron chi connectivity index (χ0n) is 16.4. The summed E-state index contributed by atoms with van der Waals surface area (Å²) in [6.07, 6.45) is -1.36. The van der Waals surface area contributed by atoms with Gasteiger partial charge in [-0.25, -0.2) is 4.98 Å². The molecule has 0 radical (unpaired) electrons. The lowest BCUT2D eigenvalue weighted by molar-refractivity contribution is -0.133. The van der Waals surface area contributed by atoms with Gasteiger partial charge < -0.3 is 10.8 Å². The number of hydrogen-bond donors (Lipinski definition) is 2. The third-order valence-corrected chi connectivity index (χ3v) is 5.90. The van der Waals surface area contributed by atoms with Crippen LogP contribution in [0.15, 0.2) is 60.7 Å². The molecule has 0 saturated heterocycles. The Balaban J connectivity index is 1.47. The molecule has 1 heterocycles. The van der Waals surface area contributed by atoms with Crippen LogP contribution < -0.4 is 5.73 Å². The summed E-state index contributed by atoms with van der Waals surface area (Å²) >= 11 is 1.51. The molecule has 0 aliphatic carbocycles. The number of halogens is 3. The summed E-state index contributed by atoms with van der Waals surface area (Å²) < 4.78 is 38.1. The van der Waals surface area contributed by atoms with Crippen molar-refractivity contribution in [1.82, 2.24) is 4.98 Å². The molecule has 0 saturated carbocycles. The predicted octanol–water partition coefficient (Wildman–Crippen LogP) is 6.92. The average Bonchev–Trinajstić information content (AvgIpc) is 3.14. The van der Waals surface area contributed by atoms with Crippen molar-refractivity contribution in [2.45, 2.75) is 19.0 Å². The number of nitrogens with two attached hydrogens (primary N) is 1. The topological polar surface area (TPSA) is 59.1 Å². The number of phenols is 1. The first-order valence-electron chi connectivity index (χ1n) is 9.60. The van der Waals surface area contributed by atoms with Gasteiger partial charge in [-0.05, 0) is 47.4 Å². The molecule has 7 heteroatoms. The van der Waals surface area contributed by atoms with E-state index in [1.54, 1.807) is 36.4 Å². The Morgan fingerprint density at radius 3 is 2.45 bits per heavy atom. The van der Waals surface area contributed by atoms with E-state index in [4.69, 9.17) is 5.73 Å². The van der Waals surface area contributed by atoms with E-state index in [0.29, 0.717) is 11.3 Å². The number of thiazole rings is 1. The first-order chi connectivity index (χ1) is 14.8. The Labute approximate surface area is 181 Å². The van der Waals surface area contributed by atoms with Crippen molar-refractivity contribution in [1.29, 1.82) is 0 Å². The molecule has 0 bridgehead atoms. The van der Waals surface area contributed by atoms with Crippen molar-refractivity contribution in [3.63, 3.8) is 0 Å². The monoisotopic (exact) mass is 440 g/mol. The molecule has 0 aliphatic heterocycles. The highest BCUT2D eigenvalue weighted by molar-refractivity contribution is 7.21. The molecule has 4 aromatic rings. The lowest BCUT2D eigenvalue weighted by Gasteiger charge is -2.08. The van der Waals surface area contributed by atoms with Gasteiger partial charge in [-0.3, -0.25) is 0 Å². The minimum Gasteiger partial charge on any atom is -0.508 e. The molecule has 0 fully saturated rings. The van der Waals surface area contributed by atoms with E-state index in [2.05, 4.69) is 4.98 Å². The maximum atomic E-state index is 12.4. The van der Waals surface area contributed by atoms with Crippen LogP contribution in [0.4, 0.5) is 18.9 Å². The second-order valence-corrected chi connectivity index (χ2v) is 8.24. The van der Waals surface area contributed by atoms with Crippen LogP contribution in [0, 0.1) is 0 Å². The largest absolute Gasteiger partial charge is 0.508 e. The van der Waals surface area contributed by atoms with Crippen LogP contribution in [0.5, 0.6) is 5.75 Å². The maximum Gasteiger partial charge on any atom is 0.389 e. The fraction of sp³-hybridized carbons (Fsp3) is 0.125. The second-order valence-electron chi connectivity index (χ2n) is 7.20. The number of aryl methyl sites for hydroxylation is 1. The molecular formula is C24H19F3N2OS. The first kappa shape index (κ1) is 20.9. The molecule has 0 amide bonds. The molecule has 0 aliphatic rings. The van der Waals surface area contributed by atoms with Crippen LogP contribution in [0.1, 0.15) is 23.1 Å². The van der Waals surface area contributed by atoms with Gasteiger partial charge in [0, 0.05) is 17.7 Å². The Bertz CT molecular complexity index is 1240. The fourth-order valence-corrected chi connectivity index (χ4v) is 4.18. The fourth-order valence-electron chi connectivity index (χ4n) is 3.18. The number of rotatable bonds is 5. The summed E-state index contributed by atoms with van der Waals surface area (Å²) in [5, 5.41) is 10.5. The van der Waals surface area contributed by atoms with E-state index in [-0.39, 0.29) is 12.2 Å². The standard InChI is InChI=1S/C24H19F3N2OS/c25-24(26,27)12-11-16-4-6-17(20(28)13-16)5-1-15-2-7-18(8-3-15)23-29-21-10-9-19(30)14-22(21)31-23/h1-10,13-14,30H,11-12,28H2. The number of alkyl halides is 3. The molecule has 4 rings (SSSR count). The normalized spacial score (nSPS) is 12.1. The number of nitrogens with zero attached hydrogens (tertiary/aromatic N) is 1. The molecule has 158 valence electrons. The SMILES string of the molecule is Nc1cc(CCC(F)(F)F)ccc1C=Cc1ccc(-c2nc3ccc(O)cc3s2)cc1. The van der Waals surface area contributed by atoms with E-state index in [1.165, 1.54) is 11.3 Å². The summed E-state index contributed by atoms with van der Waals surface area (Å²) in [7, 11) is 0. The van der Waals surface area contributed by atoms with E-state index in [0.717, 1.165) is 31.9 Å². The average molecular weight is 440 g/mol. The molecule has 0 unspecified atom stereocenters.